The van der Waals surface area contributed by atoms with Gasteiger partial charge in [-0.2, -0.15) is 0 Å². The molecule has 2 unspecified atom stereocenters. The summed E-state index contributed by atoms with van der Waals surface area (Å²) in [5.74, 6) is -1.44. The van der Waals surface area contributed by atoms with Gasteiger partial charge in [0.2, 0.25) is 0 Å². The maximum absolute atomic E-state index is 12.2. The summed E-state index contributed by atoms with van der Waals surface area (Å²) in [6.07, 6.45) is 0.512. The minimum absolute atomic E-state index is 0.0576. The summed E-state index contributed by atoms with van der Waals surface area (Å²) < 4.78 is 0. The Morgan fingerprint density at radius 2 is 2.06 bits per heavy atom. The van der Waals surface area contributed by atoms with E-state index in [-0.39, 0.29) is 11.9 Å². The quantitative estimate of drug-likeness (QED) is 0.888. The molecule has 0 saturated heterocycles. The van der Waals surface area contributed by atoms with Crippen LogP contribution in [-0.4, -0.2) is 28.4 Å². The van der Waals surface area contributed by atoms with Crippen LogP contribution in [0.3, 0.4) is 0 Å². The van der Waals surface area contributed by atoms with Gasteiger partial charge in [0.05, 0.1) is 12.0 Å². The normalized spacial score (nSPS) is 19.8. The van der Waals surface area contributed by atoms with Crippen LogP contribution in [0.25, 0.3) is 0 Å². The molecule has 0 fully saturated rings. The summed E-state index contributed by atoms with van der Waals surface area (Å²) in [6.45, 7) is 4.26. The zero-order valence-corrected chi connectivity index (χ0v) is 10.6. The first-order valence-electron chi connectivity index (χ1n) is 6.24. The summed E-state index contributed by atoms with van der Waals surface area (Å²) in [4.78, 5) is 25.2. The fraction of sp³-hybridized carbons (Fsp3) is 0.429. The zero-order valence-electron chi connectivity index (χ0n) is 10.6. The maximum Gasteiger partial charge on any atom is 0.308 e. The summed E-state index contributed by atoms with van der Waals surface area (Å²) in [5, 5.41) is 9.32. The van der Waals surface area contributed by atoms with Crippen LogP contribution in [0.5, 0.6) is 0 Å². The van der Waals surface area contributed by atoms with Crippen molar-refractivity contribution in [1.82, 2.24) is 4.90 Å². The maximum atomic E-state index is 12.2. The number of carboxylic acid groups (broad SMARTS) is 1. The van der Waals surface area contributed by atoms with Crippen molar-refractivity contribution in [1.29, 1.82) is 0 Å². The highest BCUT2D eigenvalue weighted by Gasteiger charge is 2.42. The van der Waals surface area contributed by atoms with Crippen LogP contribution in [-0.2, 0) is 4.79 Å². The van der Waals surface area contributed by atoms with Crippen LogP contribution >= 0.6 is 0 Å². The van der Waals surface area contributed by atoms with Gasteiger partial charge in [0.1, 0.15) is 0 Å². The molecule has 0 aliphatic carbocycles. The molecule has 18 heavy (non-hydrogen) atoms. The fourth-order valence-electron chi connectivity index (χ4n) is 2.71. The topological polar surface area (TPSA) is 57.6 Å². The van der Waals surface area contributed by atoms with E-state index in [4.69, 9.17) is 0 Å². The lowest BCUT2D eigenvalue weighted by Gasteiger charge is -2.28. The predicted molar refractivity (Wildman–Crippen MR) is 67.3 cm³/mol. The van der Waals surface area contributed by atoms with E-state index in [1.54, 1.807) is 11.0 Å². The highest BCUT2D eigenvalue weighted by molar-refractivity contribution is 5.99. The number of fused-ring (bicyclic) bond motifs is 1. The van der Waals surface area contributed by atoms with Crippen molar-refractivity contribution in [3.05, 3.63) is 35.4 Å². The second kappa shape index (κ2) is 4.80. The number of aliphatic carboxylic acids is 1. The highest BCUT2D eigenvalue weighted by Crippen LogP contribution is 2.39. The van der Waals surface area contributed by atoms with Crippen LogP contribution < -0.4 is 0 Å². The van der Waals surface area contributed by atoms with Crippen molar-refractivity contribution in [3.63, 3.8) is 0 Å². The Labute approximate surface area is 106 Å². The van der Waals surface area contributed by atoms with E-state index in [2.05, 4.69) is 0 Å². The molecule has 4 nitrogen and oxygen atoms in total. The summed E-state index contributed by atoms with van der Waals surface area (Å²) in [7, 11) is 0. The molecule has 4 heteroatoms. The van der Waals surface area contributed by atoms with Crippen molar-refractivity contribution in [2.24, 2.45) is 5.92 Å². The van der Waals surface area contributed by atoms with E-state index in [0.29, 0.717) is 18.5 Å². The van der Waals surface area contributed by atoms with Crippen molar-refractivity contribution in [2.75, 3.05) is 6.54 Å². The highest BCUT2D eigenvalue weighted by atomic mass is 16.4. The average molecular weight is 247 g/mol. The van der Waals surface area contributed by atoms with Crippen molar-refractivity contribution in [3.8, 4) is 0 Å². The third-order valence-electron chi connectivity index (χ3n) is 3.59. The van der Waals surface area contributed by atoms with E-state index < -0.39 is 11.9 Å². The molecule has 1 aromatic rings. The summed E-state index contributed by atoms with van der Waals surface area (Å²) in [6, 6.07) is 6.97. The molecule has 0 radical (unpaired) electrons. The minimum atomic E-state index is -0.842. The van der Waals surface area contributed by atoms with Crippen molar-refractivity contribution in [2.45, 2.75) is 26.3 Å². The van der Waals surface area contributed by atoms with Crippen LogP contribution in [0.2, 0.25) is 0 Å². The first-order chi connectivity index (χ1) is 8.61. The predicted octanol–water partition coefficient (Wildman–Crippen LogP) is 2.31. The first-order valence-corrected chi connectivity index (χ1v) is 6.24. The number of rotatable bonds is 4. The number of benzene rings is 1. The molecule has 1 aliphatic heterocycles. The van der Waals surface area contributed by atoms with E-state index in [1.807, 2.05) is 32.0 Å². The number of amides is 1. The standard InChI is InChI=1S/C14H17NO3/c1-3-9(14(17)18)12-10-7-5-6-8-11(10)13(16)15(12)4-2/h5-9,12H,3-4H2,1-2H3,(H,17,18). The third kappa shape index (κ3) is 1.78. The monoisotopic (exact) mass is 247 g/mol. The average Bonchev–Trinajstić information content (AvgIpc) is 2.64. The van der Waals surface area contributed by atoms with E-state index in [9.17, 15) is 14.7 Å². The molecule has 1 aromatic carbocycles. The van der Waals surface area contributed by atoms with Gasteiger partial charge < -0.3 is 10.0 Å². The van der Waals surface area contributed by atoms with E-state index >= 15 is 0 Å². The van der Waals surface area contributed by atoms with Gasteiger partial charge in [0, 0.05) is 12.1 Å². The lowest BCUT2D eigenvalue weighted by Crippen LogP contribution is -2.35. The number of nitrogens with zero attached hydrogens (tertiary/aromatic N) is 1. The SMILES string of the molecule is CCC(C(=O)O)C1c2ccccc2C(=O)N1CC. The van der Waals surface area contributed by atoms with Gasteiger partial charge in [0.15, 0.2) is 0 Å². The minimum Gasteiger partial charge on any atom is -0.481 e. The molecule has 96 valence electrons. The van der Waals surface area contributed by atoms with Gasteiger partial charge in [-0.1, -0.05) is 25.1 Å². The van der Waals surface area contributed by atoms with Gasteiger partial charge >= 0.3 is 5.97 Å². The molecule has 2 atom stereocenters. The number of carboxylic acids is 1. The smallest absolute Gasteiger partial charge is 0.308 e. The second-order valence-electron chi connectivity index (χ2n) is 4.48. The molecule has 1 N–H and O–H groups in total. The van der Waals surface area contributed by atoms with Gasteiger partial charge in [-0.05, 0) is 25.0 Å². The van der Waals surface area contributed by atoms with Crippen LogP contribution in [0.4, 0.5) is 0 Å². The third-order valence-corrected chi connectivity index (χ3v) is 3.59. The largest absolute Gasteiger partial charge is 0.481 e. The van der Waals surface area contributed by atoms with Crippen LogP contribution in [0.15, 0.2) is 24.3 Å². The fourth-order valence-corrected chi connectivity index (χ4v) is 2.71. The zero-order chi connectivity index (χ0) is 13.3. The van der Waals surface area contributed by atoms with Gasteiger partial charge in [-0.3, -0.25) is 9.59 Å². The lowest BCUT2D eigenvalue weighted by atomic mass is 9.90. The Bertz CT molecular complexity index is 478. The summed E-state index contributed by atoms with van der Waals surface area (Å²) in [5.41, 5.74) is 1.49. The first kappa shape index (κ1) is 12.6. The molecule has 0 bridgehead atoms. The number of hydrogen-bond donors (Lipinski definition) is 1. The Hall–Kier alpha value is -1.84. The molecular formula is C14H17NO3. The lowest BCUT2D eigenvalue weighted by molar-refractivity contribution is -0.144. The second-order valence-corrected chi connectivity index (χ2v) is 4.48. The molecule has 2 rings (SSSR count). The Balaban J connectivity index is 2.50. The van der Waals surface area contributed by atoms with E-state index in [0.717, 1.165) is 5.56 Å². The Morgan fingerprint density at radius 1 is 1.39 bits per heavy atom. The molecular weight excluding hydrogens is 230 g/mol. The van der Waals surface area contributed by atoms with Gasteiger partial charge in [-0.25, -0.2) is 0 Å². The molecule has 1 heterocycles. The van der Waals surface area contributed by atoms with E-state index in [1.165, 1.54) is 0 Å². The Morgan fingerprint density at radius 3 is 2.61 bits per heavy atom. The number of carbonyl (C=O) groups excluding carboxylic acids is 1. The summed E-state index contributed by atoms with van der Waals surface area (Å²) >= 11 is 0. The number of carbonyl (C=O) groups is 2. The molecule has 1 aliphatic rings. The van der Waals surface area contributed by atoms with Crippen LogP contribution in [0, 0.1) is 5.92 Å². The number of hydrogen-bond acceptors (Lipinski definition) is 2. The van der Waals surface area contributed by atoms with Crippen molar-refractivity contribution >= 4 is 11.9 Å². The molecule has 0 spiro atoms. The van der Waals surface area contributed by atoms with Crippen molar-refractivity contribution < 1.29 is 14.7 Å². The Kier molecular flexibility index (Phi) is 3.36. The van der Waals surface area contributed by atoms with Gasteiger partial charge in [-0.15, -0.1) is 0 Å². The molecule has 0 aromatic heterocycles. The van der Waals surface area contributed by atoms with Gasteiger partial charge in [0.25, 0.3) is 5.91 Å². The molecule has 0 saturated carbocycles. The molecule has 1 amide bonds. The van der Waals surface area contributed by atoms with Crippen LogP contribution in [0.1, 0.15) is 42.2 Å².